The molecule has 0 aliphatic rings. The molecule has 0 unspecified atom stereocenters. The number of anilines is 1. The van der Waals surface area contributed by atoms with Crippen LogP contribution >= 0.6 is 0 Å². The maximum atomic E-state index is 12.7. The van der Waals surface area contributed by atoms with Crippen LogP contribution < -0.4 is 10.1 Å². The standard InChI is InChI=1S/C22H20N2O4/c1-16-15-18(24(26)27)11-12-20(16)23-22(25)19-9-5-6-10-21(19)28-14-13-17-7-3-2-4-8-17/h2-12,15H,13-14H2,1H3,(H,23,25). The largest absolute Gasteiger partial charge is 0.492 e. The summed E-state index contributed by atoms with van der Waals surface area (Å²) in [5, 5.41) is 13.7. The third-order valence-corrected chi connectivity index (χ3v) is 4.29. The number of amides is 1. The molecule has 0 radical (unpaired) electrons. The molecule has 1 N–H and O–H groups in total. The number of para-hydroxylation sites is 1. The van der Waals surface area contributed by atoms with Crippen LogP contribution in [0.25, 0.3) is 0 Å². The van der Waals surface area contributed by atoms with Crippen molar-refractivity contribution in [2.24, 2.45) is 0 Å². The monoisotopic (exact) mass is 376 g/mol. The number of hydrogen-bond acceptors (Lipinski definition) is 4. The Kier molecular flexibility index (Phi) is 6.01. The molecule has 0 spiro atoms. The molecular weight excluding hydrogens is 356 g/mol. The summed E-state index contributed by atoms with van der Waals surface area (Å²) >= 11 is 0. The molecule has 0 saturated carbocycles. The van der Waals surface area contributed by atoms with Crippen LogP contribution in [-0.2, 0) is 6.42 Å². The van der Waals surface area contributed by atoms with Crippen LogP contribution in [0, 0.1) is 17.0 Å². The average molecular weight is 376 g/mol. The second-order valence-corrected chi connectivity index (χ2v) is 6.29. The molecule has 0 saturated heterocycles. The number of non-ortho nitro benzene ring substituents is 1. The van der Waals surface area contributed by atoms with Gasteiger partial charge in [-0.1, -0.05) is 42.5 Å². The summed E-state index contributed by atoms with van der Waals surface area (Å²) in [7, 11) is 0. The predicted octanol–water partition coefficient (Wildman–Crippen LogP) is 4.78. The molecule has 3 aromatic carbocycles. The second kappa shape index (κ2) is 8.81. The van der Waals surface area contributed by atoms with Crippen molar-refractivity contribution < 1.29 is 14.5 Å². The Morgan fingerprint density at radius 2 is 1.75 bits per heavy atom. The Bertz CT molecular complexity index is 987. The number of ether oxygens (including phenoxy) is 1. The van der Waals surface area contributed by atoms with Gasteiger partial charge in [0.15, 0.2) is 0 Å². The van der Waals surface area contributed by atoms with E-state index in [4.69, 9.17) is 4.74 Å². The number of nitro benzene ring substituents is 1. The van der Waals surface area contributed by atoms with Crippen molar-refractivity contribution in [3.63, 3.8) is 0 Å². The highest BCUT2D eigenvalue weighted by molar-refractivity contribution is 6.06. The van der Waals surface area contributed by atoms with Crippen molar-refractivity contribution in [2.75, 3.05) is 11.9 Å². The summed E-state index contributed by atoms with van der Waals surface area (Å²) in [6.07, 6.45) is 0.734. The molecule has 142 valence electrons. The first-order valence-electron chi connectivity index (χ1n) is 8.87. The zero-order valence-corrected chi connectivity index (χ0v) is 15.4. The van der Waals surface area contributed by atoms with E-state index < -0.39 is 4.92 Å². The number of nitro groups is 1. The minimum absolute atomic E-state index is 0.0138. The number of hydrogen-bond donors (Lipinski definition) is 1. The fourth-order valence-corrected chi connectivity index (χ4v) is 2.79. The van der Waals surface area contributed by atoms with E-state index in [0.717, 1.165) is 12.0 Å². The van der Waals surface area contributed by atoms with Gasteiger partial charge in [-0.05, 0) is 36.2 Å². The molecule has 6 nitrogen and oxygen atoms in total. The third-order valence-electron chi connectivity index (χ3n) is 4.29. The van der Waals surface area contributed by atoms with Gasteiger partial charge in [0.25, 0.3) is 11.6 Å². The molecule has 28 heavy (non-hydrogen) atoms. The van der Waals surface area contributed by atoms with Crippen molar-refractivity contribution in [2.45, 2.75) is 13.3 Å². The first-order valence-corrected chi connectivity index (χ1v) is 8.87. The van der Waals surface area contributed by atoms with Gasteiger partial charge >= 0.3 is 0 Å². The van der Waals surface area contributed by atoms with Crippen molar-refractivity contribution in [3.8, 4) is 5.75 Å². The van der Waals surface area contributed by atoms with Crippen LogP contribution in [-0.4, -0.2) is 17.4 Å². The lowest BCUT2D eigenvalue weighted by Crippen LogP contribution is -2.15. The molecule has 0 bridgehead atoms. The van der Waals surface area contributed by atoms with Crippen LogP contribution in [0.4, 0.5) is 11.4 Å². The van der Waals surface area contributed by atoms with Crippen LogP contribution in [0.3, 0.4) is 0 Å². The summed E-state index contributed by atoms with van der Waals surface area (Å²) in [5.74, 6) is 0.169. The number of carbonyl (C=O) groups excluding carboxylic acids is 1. The molecule has 0 atom stereocenters. The van der Waals surface area contributed by atoms with Gasteiger partial charge in [0.2, 0.25) is 0 Å². The first kappa shape index (κ1) is 19.1. The Hall–Kier alpha value is -3.67. The summed E-state index contributed by atoms with van der Waals surface area (Å²) in [6.45, 7) is 2.16. The summed E-state index contributed by atoms with van der Waals surface area (Å²) < 4.78 is 5.83. The maximum Gasteiger partial charge on any atom is 0.269 e. The van der Waals surface area contributed by atoms with Gasteiger partial charge in [-0.25, -0.2) is 0 Å². The number of aryl methyl sites for hydroxylation is 1. The maximum absolute atomic E-state index is 12.7. The zero-order chi connectivity index (χ0) is 19.9. The lowest BCUT2D eigenvalue weighted by Gasteiger charge is -2.13. The van der Waals surface area contributed by atoms with E-state index in [1.54, 1.807) is 25.1 Å². The molecule has 0 heterocycles. The van der Waals surface area contributed by atoms with Crippen molar-refractivity contribution in [3.05, 3.63) is 99.6 Å². The Labute approximate surface area is 162 Å². The van der Waals surface area contributed by atoms with E-state index in [1.807, 2.05) is 36.4 Å². The van der Waals surface area contributed by atoms with Gasteiger partial charge < -0.3 is 10.1 Å². The lowest BCUT2D eigenvalue weighted by atomic mass is 10.1. The molecule has 0 aliphatic heterocycles. The van der Waals surface area contributed by atoms with E-state index in [2.05, 4.69) is 5.32 Å². The van der Waals surface area contributed by atoms with E-state index in [1.165, 1.54) is 18.2 Å². The number of benzene rings is 3. The number of rotatable bonds is 7. The Morgan fingerprint density at radius 1 is 1.04 bits per heavy atom. The molecule has 0 aliphatic carbocycles. The van der Waals surface area contributed by atoms with E-state index in [9.17, 15) is 14.9 Å². The molecule has 6 heteroatoms. The molecule has 0 aromatic heterocycles. The van der Waals surface area contributed by atoms with Crippen molar-refractivity contribution in [1.82, 2.24) is 0 Å². The quantitative estimate of drug-likeness (QED) is 0.475. The van der Waals surface area contributed by atoms with Crippen LogP contribution in [0.1, 0.15) is 21.5 Å². The Morgan fingerprint density at radius 3 is 2.46 bits per heavy atom. The van der Waals surface area contributed by atoms with Crippen LogP contribution in [0.15, 0.2) is 72.8 Å². The smallest absolute Gasteiger partial charge is 0.269 e. The molecular formula is C22H20N2O4. The summed E-state index contributed by atoms with van der Waals surface area (Å²) in [4.78, 5) is 23.1. The van der Waals surface area contributed by atoms with Gasteiger partial charge in [-0.3, -0.25) is 14.9 Å². The van der Waals surface area contributed by atoms with Gasteiger partial charge in [0.05, 0.1) is 17.1 Å². The molecule has 3 aromatic rings. The minimum atomic E-state index is -0.464. The summed E-state index contributed by atoms with van der Waals surface area (Å²) in [5.41, 5.74) is 2.69. The molecule has 0 fully saturated rings. The number of nitrogens with one attached hydrogen (secondary N) is 1. The molecule has 1 amide bonds. The highest BCUT2D eigenvalue weighted by Crippen LogP contribution is 2.24. The van der Waals surface area contributed by atoms with Crippen LogP contribution in [0.2, 0.25) is 0 Å². The molecule has 3 rings (SSSR count). The van der Waals surface area contributed by atoms with Gasteiger partial charge in [-0.15, -0.1) is 0 Å². The fourth-order valence-electron chi connectivity index (χ4n) is 2.79. The summed E-state index contributed by atoms with van der Waals surface area (Å²) in [6, 6.07) is 21.3. The van der Waals surface area contributed by atoms with Crippen molar-refractivity contribution >= 4 is 17.3 Å². The van der Waals surface area contributed by atoms with Crippen molar-refractivity contribution in [1.29, 1.82) is 0 Å². The van der Waals surface area contributed by atoms with Crippen LogP contribution in [0.5, 0.6) is 5.75 Å². The Balaban J connectivity index is 1.69. The first-order chi connectivity index (χ1) is 13.5. The average Bonchev–Trinajstić information content (AvgIpc) is 2.70. The zero-order valence-electron chi connectivity index (χ0n) is 15.4. The normalized spacial score (nSPS) is 10.3. The highest BCUT2D eigenvalue weighted by Gasteiger charge is 2.15. The SMILES string of the molecule is Cc1cc([N+](=O)[O-])ccc1NC(=O)c1ccccc1OCCc1ccccc1. The minimum Gasteiger partial charge on any atom is -0.492 e. The fraction of sp³-hybridized carbons (Fsp3) is 0.136. The second-order valence-electron chi connectivity index (χ2n) is 6.29. The topological polar surface area (TPSA) is 81.5 Å². The predicted molar refractivity (Wildman–Crippen MR) is 108 cm³/mol. The van der Waals surface area contributed by atoms with Gasteiger partial charge in [-0.2, -0.15) is 0 Å². The van der Waals surface area contributed by atoms with E-state index >= 15 is 0 Å². The number of carbonyl (C=O) groups is 1. The van der Waals surface area contributed by atoms with Gasteiger partial charge in [0, 0.05) is 24.2 Å². The number of nitrogens with zero attached hydrogens (tertiary/aromatic N) is 1. The lowest BCUT2D eigenvalue weighted by molar-refractivity contribution is -0.384. The highest BCUT2D eigenvalue weighted by atomic mass is 16.6. The van der Waals surface area contributed by atoms with Gasteiger partial charge in [0.1, 0.15) is 5.75 Å². The van der Waals surface area contributed by atoms with E-state index in [-0.39, 0.29) is 11.6 Å². The third kappa shape index (κ3) is 4.73. The van der Waals surface area contributed by atoms with E-state index in [0.29, 0.717) is 29.2 Å².